The minimum absolute atomic E-state index is 0.0144. The number of nitrogens with zero attached hydrogens (tertiary/aromatic N) is 1. The predicted octanol–water partition coefficient (Wildman–Crippen LogP) is 6.85. The lowest BCUT2D eigenvalue weighted by molar-refractivity contribution is -0.265. The molecule has 4 rings (SSSR count). The number of cyclic esters (lactones) is 1. The van der Waals surface area contributed by atoms with Gasteiger partial charge < -0.3 is 48.3 Å². The number of esters is 1. The van der Waals surface area contributed by atoms with Crippen LogP contribution in [0.2, 0.25) is 0 Å². The van der Waals surface area contributed by atoms with E-state index < -0.39 is 77.8 Å². The molecule has 0 aromatic heterocycles. The molecule has 3 heterocycles. The van der Waals surface area contributed by atoms with Gasteiger partial charge in [0.2, 0.25) is 5.79 Å². The second-order valence-corrected chi connectivity index (χ2v) is 20.7. The van der Waals surface area contributed by atoms with Crippen molar-refractivity contribution in [3.05, 3.63) is 47.6 Å². The van der Waals surface area contributed by atoms with Crippen molar-refractivity contribution in [2.75, 3.05) is 47.7 Å². The average molecular weight is 996 g/mol. The van der Waals surface area contributed by atoms with Crippen molar-refractivity contribution in [3.8, 4) is 12.3 Å². The molecule has 15 nitrogen and oxygen atoms in total. The maximum absolute atomic E-state index is 14.5. The van der Waals surface area contributed by atoms with Gasteiger partial charge in [-0.25, -0.2) is 4.79 Å². The van der Waals surface area contributed by atoms with Crippen LogP contribution in [0.1, 0.15) is 126 Å². The summed E-state index contributed by atoms with van der Waals surface area (Å²) in [5, 5.41) is 23.5. The summed E-state index contributed by atoms with van der Waals surface area (Å²) in [6.45, 7) is 13.7. The number of hydrogen-bond acceptors (Lipinski definition) is 14. The van der Waals surface area contributed by atoms with E-state index in [0.29, 0.717) is 70.2 Å². The van der Waals surface area contributed by atoms with Gasteiger partial charge in [-0.05, 0) is 107 Å². The molecule has 15 atom stereocenters. The number of amides is 1. The van der Waals surface area contributed by atoms with E-state index in [4.69, 9.17) is 39.6 Å². The zero-order chi connectivity index (χ0) is 52.4. The van der Waals surface area contributed by atoms with E-state index in [0.717, 1.165) is 18.4 Å². The van der Waals surface area contributed by atoms with Crippen LogP contribution in [-0.4, -0.2) is 147 Å². The summed E-state index contributed by atoms with van der Waals surface area (Å²) < 4.78 is 41.3. The van der Waals surface area contributed by atoms with Crippen LogP contribution in [0.3, 0.4) is 0 Å². The number of ketones is 3. The largest absolute Gasteiger partial charge is 0.460 e. The number of terminal acetylenes is 1. The predicted molar refractivity (Wildman–Crippen MR) is 269 cm³/mol. The molecule has 398 valence electrons. The van der Waals surface area contributed by atoms with Crippen molar-refractivity contribution in [1.29, 1.82) is 0 Å². The number of carbonyl (C=O) groups excluding carboxylic acids is 5. The van der Waals surface area contributed by atoms with Crippen LogP contribution in [0.5, 0.6) is 0 Å². The first kappa shape index (κ1) is 59.7. The summed E-state index contributed by atoms with van der Waals surface area (Å²) >= 11 is 0. The molecule has 1 amide bonds. The Labute approximate surface area is 423 Å². The summed E-state index contributed by atoms with van der Waals surface area (Å²) in [5.41, 5.74) is 1.27. The van der Waals surface area contributed by atoms with Crippen LogP contribution in [-0.2, 0) is 57.1 Å². The Morgan fingerprint density at radius 2 is 1.62 bits per heavy atom. The van der Waals surface area contributed by atoms with Gasteiger partial charge in [-0.2, -0.15) is 0 Å². The fourth-order valence-corrected chi connectivity index (χ4v) is 10.7. The molecular formula is C56H85NO14. The Morgan fingerprint density at radius 3 is 2.31 bits per heavy atom. The number of Topliss-reactive ketones (excluding diaryl/α,β-unsaturated/α-hetero) is 3. The third-order valence-electron chi connectivity index (χ3n) is 15.2. The number of fused-ring (bicyclic) bond motifs is 3. The minimum atomic E-state index is -2.44. The molecule has 4 aliphatic rings. The molecule has 4 unspecified atom stereocenters. The monoisotopic (exact) mass is 996 g/mol. The molecular weight excluding hydrogens is 911 g/mol. The van der Waals surface area contributed by atoms with Crippen molar-refractivity contribution in [1.82, 2.24) is 4.90 Å². The van der Waals surface area contributed by atoms with Crippen molar-refractivity contribution in [2.45, 2.75) is 180 Å². The topological polar surface area (TPSA) is 194 Å². The van der Waals surface area contributed by atoms with Gasteiger partial charge >= 0.3 is 5.97 Å². The minimum Gasteiger partial charge on any atom is -0.460 e. The SMILES string of the molecule is C#CCOCCOC1CC[C@@H](C[C@@H](C)C2CC(=O)C(C)/C=C(\C)[C@@H](O)[C@@H](OC)C(=O)[C@H](C)C[C@H](C)/C=C/C=C/C=C(\C)C(OC)C[C@@H]3CC[C@@H](C)[C@@](O)(O3)C(=O)C(=O)N3CCCC[C@H]3C(=O)O2)C[C@H]1OC. The number of methoxy groups -OCH3 is 3. The van der Waals surface area contributed by atoms with Crippen LogP contribution < -0.4 is 0 Å². The first-order valence-electron chi connectivity index (χ1n) is 25.9. The highest BCUT2D eigenvalue weighted by Gasteiger charge is 2.53. The van der Waals surface area contributed by atoms with Crippen molar-refractivity contribution >= 4 is 29.2 Å². The van der Waals surface area contributed by atoms with E-state index in [1.54, 1.807) is 41.1 Å². The molecule has 1 saturated carbocycles. The highest BCUT2D eigenvalue weighted by molar-refractivity contribution is 6.39. The number of aliphatic hydroxyl groups is 2. The Kier molecular flexibility index (Phi) is 24.5. The molecule has 3 aliphatic heterocycles. The third kappa shape index (κ3) is 16.8. The number of hydrogen-bond donors (Lipinski definition) is 2. The zero-order valence-corrected chi connectivity index (χ0v) is 44.2. The van der Waals surface area contributed by atoms with Crippen LogP contribution in [0.15, 0.2) is 47.6 Å². The third-order valence-corrected chi connectivity index (χ3v) is 15.2. The summed E-state index contributed by atoms with van der Waals surface area (Å²) in [4.78, 5) is 72.4. The van der Waals surface area contributed by atoms with Gasteiger partial charge in [0.25, 0.3) is 11.7 Å². The van der Waals surface area contributed by atoms with E-state index in [1.807, 2.05) is 58.1 Å². The average Bonchev–Trinajstić information content (AvgIpc) is 3.35. The van der Waals surface area contributed by atoms with Crippen LogP contribution in [0.4, 0.5) is 0 Å². The number of piperidine rings is 1. The Hall–Kier alpha value is -3.85. The molecule has 0 radical (unpaired) electrons. The smallest absolute Gasteiger partial charge is 0.329 e. The van der Waals surface area contributed by atoms with Gasteiger partial charge in [-0.15, -0.1) is 6.42 Å². The molecule has 0 aromatic carbocycles. The lowest BCUT2D eigenvalue weighted by Crippen LogP contribution is -2.61. The number of allylic oxidation sites excluding steroid dienone is 6. The van der Waals surface area contributed by atoms with Crippen molar-refractivity contribution in [2.24, 2.45) is 35.5 Å². The number of carbonyl (C=O) groups is 5. The first-order chi connectivity index (χ1) is 33.8. The van der Waals surface area contributed by atoms with Gasteiger partial charge in [0.1, 0.15) is 36.7 Å². The van der Waals surface area contributed by atoms with Crippen LogP contribution in [0, 0.1) is 47.9 Å². The normalized spacial score (nSPS) is 37.9. The molecule has 15 heteroatoms. The van der Waals surface area contributed by atoms with E-state index in [2.05, 4.69) is 5.92 Å². The maximum atomic E-state index is 14.5. The fourth-order valence-electron chi connectivity index (χ4n) is 10.7. The summed E-state index contributed by atoms with van der Waals surface area (Å²) in [6, 6.07) is -1.15. The molecule has 0 spiro atoms. The molecule has 71 heavy (non-hydrogen) atoms. The molecule has 0 aromatic rings. The first-order valence-corrected chi connectivity index (χ1v) is 25.9. The van der Waals surface area contributed by atoms with Crippen LogP contribution in [0.25, 0.3) is 0 Å². The highest BCUT2D eigenvalue weighted by atomic mass is 16.6. The highest BCUT2D eigenvalue weighted by Crippen LogP contribution is 2.38. The van der Waals surface area contributed by atoms with E-state index >= 15 is 0 Å². The lowest BCUT2D eigenvalue weighted by Gasteiger charge is -2.42. The van der Waals surface area contributed by atoms with Crippen molar-refractivity contribution in [3.63, 3.8) is 0 Å². The standard InChI is InChI=1S/C56H85NO14/c1-12-26-68-27-28-69-46-24-22-42(32-49(46)66-10)31-38(5)48-34-45(58)37(4)30-40(7)51(60)52(67-11)50(59)39(6)29-35(2)18-14-13-15-19-36(3)47(65-9)33-43-23-21-41(8)56(64,71-43)53(61)54(62)57-25-17-16-20-44(57)55(63)70-48/h1,13-15,18-19,30,35,37-39,41-44,46-49,51-52,60,64H,16-17,20-29,31-34H2,2-11H3/b15-13+,18-14+,36-19+,40-30+/t35-,37?,38-,39-,41-,42+,43+,44+,46?,47?,48?,49-,51-,52+,56-/m1/s1. The van der Waals surface area contributed by atoms with Gasteiger partial charge in [0.15, 0.2) is 5.78 Å². The van der Waals surface area contributed by atoms with Gasteiger partial charge in [-0.1, -0.05) is 77.0 Å². The van der Waals surface area contributed by atoms with Crippen LogP contribution >= 0.6 is 0 Å². The second kappa shape index (κ2) is 29.1. The Bertz CT molecular complexity index is 1940. The van der Waals surface area contributed by atoms with E-state index in [9.17, 15) is 34.2 Å². The fraction of sp³-hybridized carbons (Fsp3) is 0.732. The van der Waals surface area contributed by atoms with Crippen molar-refractivity contribution < 1.29 is 67.3 Å². The number of aliphatic hydroxyl groups excluding tert-OH is 1. The van der Waals surface area contributed by atoms with Gasteiger partial charge in [0, 0.05) is 58.5 Å². The Morgan fingerprint density at radius 1 is 0.873 bits per heavy atom. The summed E-state index contributed by atoms with van der Waals surface area (Å²) in [5.74, 6) is -5.51. The molecule has 2 N–H and O–H groups in total. The quantitative estimate of drug-likeness (QED) is 0.0717. The number of rotatable bonds is 11. The maximum Gasteiger partial charge on any atom is 0.329 e. The molecule has 3 fully saturated rings. The van der Waals surface area contributed by atoms with E-state index in [1.165, 1.54) is 12.0 Å². The zero-order valence-electron chi connectivity index (χ0n) is 44.2. The summed E-state index contributed by atoms with van der Waals surface area (Å²) in [6.07, 6.45) is 17.4. The van der Waals surface area contributed by atoms with Gasteiger partial charge in [-0.3, -0.25) is 19.2 Å². The lowest BCUT2D eigenvalue weighted by atomic mass is 9.78. The number of ether oxygens (including phenoxy) is 7. The Balaban J connectivity index is 1.67. The summed E-state index contributed by atoms with van der Waals surface area (Å²) in [7, 11) is 4.61. The molecule has 2 bridgehead atoms. The molecule has 2 saturated heterocycles. The van der Waals surface area contributed by atoms with Gasteiger partial charge in [0.05, 0.1) is 37.6 Å². The van der Waals surface area contributed by atoms with E-state index in [-0.39, 0.29) is 67.5 Å². The molecule has 1 aliphatic carbocycles. The second-order valence-electron chi connectivity index (χ2n) is 20.7.